The number of methoxy groups -OCH3 is 2. The first-order valence-electron chi connectivity index (χ1n) is 8.00. The molecule has 1 heterocycles. The number of ether oxygens (including phenoxy) is 2. The predicted molar refractivity (Wildman–Crippen MR) is 98.8 cm³/mol. The molecule has 1 aliphatic rings. The van der Waals surface area contributed by atoms with Gasteiger partial charge in [0.15, 0.2) is 0 Å². The molecular weight excluding hydrogens is 354 g/mol. The van der Waals surface area contributed by atoms with Crippen LogP contribution in [0.3, 0.4) is 0 Å². The molecule has 0 bridgehead atoms. The summed E-state index contributed by atoms with van der Waals surface area (Å²) < 4.78 is 10.4. The molecule has 0 aliphatic carbocycles. The minimum atomic E-state index is -1.01. The Labute approximate surface area is 155 Å². The van der Waals surface area contributed by atoms with Crippen molar-refractivity contribution in [2.75, 3.05) is 20.0 Å². The van der Waals surface area contributed by atoms with Gasteiger partial charge in [-0.05, 0) is 17.7 Å². The van der Waals surface area contributed by atoms with E-state index in [2.05, 4.69) is 0 Å². The summed E-state index contributed by atoms with van der Waals surface area (Å²) >= 11 is 1.44. The number of carbonyl (C=O) groups excluding carboxylic acids is 1. The third-order valence-electron chi connectivity index (χ3n) is 4.20. The van der Waals surface area contributed by atoms with Crippen molar-refractivity contribution in [1.82, 2.24) is 4.90 Å². The van der Waals surface area contributed by atoms with Crippen molar-refractivity contribution in [3.8, 4) is 11.5 Å². The number of benzene rings is 2. The summed E-state index contributed by atoms with van der Waals surface area (Å²) in [6.45, 7) is 0. The lowest BCUT2D eigenvalue weighted by Crippen LogP contribution is -2.43. The highest BCUT2D eigenvalue weighted by molar-refractivity contribution is 7.99. The zero-order valence-electron chi connectivity index (χ0n) is 14.4. The quantitative estimate of drug-likeness (QED) is 0.868. The SMILES string of the molecule is COc1cc(OC)cc(C(=O)N2[C@@H](c3ccccc3)SC[C@H]2C(=O)O)c1. The Morgan fingerprint density at radius 3 is 2.23 bits per heavy atom. The van der Waals surface area contributed by atoms with E-state index in [1.165, 1.54) is 30.9 Å². The molecule has 2 atom stereocenters. The number of aliphatic carboxylic acids is 1. The van der Waals surface area contributed by atoms with Gasteiger partial charge in [0.05, 0.1) is 14.2 Å². The molecule has 3 rings (SSSR count). The van der Waals surface area contributed by atoms with Crippen LogP contribution in [0.1, 0.15) is 21.3 Å². The number of hydrogen-bond donors (Lipinski definition) is 1. The van der Waals surface area contributed by atoms with Gasteiger partial charge in [0.1, 0.15) is 22.9 Å². The van der Waals surface area contributed by atoms with Crippen molar-refractivity contribution >= 4 is 23.6 Å². The van der Waals surface area contributed by atoms with Gasteiger partial charge in [-0.15, -0.1) is 11.8 Å². The van der Waals surface area contributed by atoms with E-state index < -0.39 is 12.0 Å². The molecule has 2 aromatic carbocycles. The van der Waals surface area contributed by atoms with Gasteiger partial charge in [0, 0.05) is 17.4 Å². The Hall–Kier alpha value is -2.67. The van der Waals surface area contributed by atoms with Crippen LogP contribution in [0.4, 0.5) is 0 Å². The lowest BCUT2D eigenvalue weighted by atomic mass is 10.1. The molecule has 1 amide bonds. The molecule has 0 radical (unpaired) electrons. The second-order valence-corrected chi connectivity index (χ2v) is 6.88. The van der Waals surface area contributed by atoms with Gasteiger partial charge >= 0.3 is 5.97 Å². The van der Waals surface area contributed by atoms with Crippen molar-refractivity contribution < 1.29 is 24.2 Å². The van der Waals surface area contributed by atoms with E-state index in [1.54, 1.807) is 18.2 Å². The van der Waals surface area contributed by atoms with Crippen molar-refractivity contribution in [3.05, 3.63) is 59.7 Å². The Balaban J connectivity index is 2.02. The molecule has 7 heteroatoms. The Kier molecular flexibility index (Phi) is 5.37. The van der Waals surface area contributed by atoms with Crippen LogP contribution in [0.15, 0.2) is 48.5 Å². The van der Waals surface area contributed by atoms with Gasteiger partial charge in [-0.2, -0.15) is 0 Å². The van der Waals surface area contributed by atoms with Gasteiger partial charge < -0.3 is 19.5 Å². The zero-order valence-corrected chi connectivity index (χ0v) is 15.2. The van der Waals surface area contributed by atoms with Crippen LogP contribution in [0.2, 0.25) is 0 Å². The number of carbonyl (C=O) groups is 2. The van der Waals surface area contributed by atoms with Crippen LogP contribution in [-0.2, 0) is 4.79 Å². The Morgan fingerprint density at radius 1 is 1.08 bits per heavy atom. The molecule has 0 unspecified atom stereocenters. The maximum Gasteiger partial charge on any atom is 0.327 e. The van der Waals surface area contributed by atoms with Crippen LogP contribution in [-0.4, -0.2) is 47.9 Å². The zero-order chi connectivity index (χ0) is 18.7. The molecule has 6 nitrogen and oxygen atoms in total. The molecule has 1 aliphatic heterocycles. The van der Waals surface area contributed by atoms with Gasteiger partial charge in [-0.1, -0.05) is 30.3 Å². The molecule has 2 aromatic rings. The standard InChI is InChI=1S/C19H19NO5S/c1-24-14-8-13(9-15(10-14)25-2)17(21)20-16(19(22)23)11-26-18(20)12-6-4-3-5-7-12/h3-10,16,18H,11H2,1-2H3,(H,22,23)/t16-,18+/m0/s1. The molecule has 0 aromatic heterocycles. The van der Waals surface area contributed by atoms with Gasteiger partial charge in [-0.3, -0.25) is 4.79 Å². The van der Waals surface area contributed by atoms with Crippen molar-refractivity contribution in [2.45, 2.75) is 11.4 Å². The van der Waals surface area contributed by atoms with Crippen molar-refractivity contribution in [2.24, 2.45) is 0 Å². The third-order valence-corrected chi connectivity index (χ3v) is 5.53. The number of carboxylic acid groups (broad SMARTS) is 1. The van der Waals surface area contributed by atoms with E-state index in [4.69, 9.17) is 9.47 Å². The molecule has 1 fully saturated rings. The van der Waals surface area contributed by atoms with Crippen LogP contribution in [0, 0.1) is 0 Å². The minimum absolute atomic E-state index is 0.330. The van der Waals surface area contributed by atoms with Crippen LogP contribution < -0.4 is 9.47 Å². The fourth-order valence-electron chi connectivity index (χ4n) is 2.90. The highest BCUT2D eigenvalue weighted by atomic mass is 32.2. The largest absolute Gasteiger partial charge is 0.497 e. The summed E-state index contributed by atoms with van der Waals surface area (Å²) in [6.07, 6.45) is 0. The Morgan fingerprint density at radius 2 is 1.69 bits per heavy atom. The van der Waals surface area contributed by atoms with E-state index in [-0.39, 0.29) is 11.3 Å². The summed E-state index contributed by atoms with van der Waals surface area (Å²) in [5.74, 6) is -0.0974. The summed E-state index contributed by atoms with van der Waals surface area (Å²) in [5, 5.41) is 9.23. The molecule has 1 saturated heterocycles. The fraction of sp³-hybridized carbons (Fsp3) is 0.263. The first-order chi connectivity index (χ1) is 12.5. The molecular formula is C19H19NO5S. The lowest BCUT2D eigenvalue weighted by molar-refractivity contribution is -0.141. The van der Waals surface area contributed by atoms with Crippen molar-refractivity contribution in [1.29, 1.82) is 0 Å². The summed E-state index contributed by atoms with van der Waals surface area (Å²) in [7, 11) is 3.00. The van der Waals surface area contributed by atoms with Crippen LogP contribution >= 0.6 is 11.8 Å². The maximum atomic E-state index is 13.2. The number of thioether (sulfide) groups is 1. The maximum absolute atomic E-state index is 13.2. The van der Waals surface area contributed by atoms with E-state index in [9.17, 15) is 14.7 Å². The van der Waals surface area contributed by atoms with E-state index in [0.29, 0.717) is 22.8 Å². The molecule has 26 heavy (non-hydrogen) atoms. The molecule has 1 N–H and O–H groups in total. The molecule has 0 spiro atoms. The lowest BCUT2D eigenvalue weighted by Gasteiger charge is -2.28. The summed E-state index contributed by atoms with van der Waals surface area (Å²) in [4.78, 5) is 26.4. The van der Waals surface area contributed by atoms with Gasteiger partial charge in [-0.25, -0.2) is 4.79 Å². The number of hydrogen-bond acceptors (Lipinski definition) is 5. The first-order valence-corrected chi connectivity index (χ1v) is 9.05. The molecule has 0 saturated carbocycles. The number of nitrogens with zero attached hydrogens (tertiary/aromatic N) is 1. The average molecular weight is 373 g/mol. The topological polar surface area (TPSA) is 76.1 Å². The number of rotatable bonds is 5. The Bertz CT molecular complexity index is 789. The fourth-order valence-corrected chi connectivity index (χ4v) is 4.32. The number of carboxylic acids is 1. The van der Waals surface area contributed by atoms with Crippen LogP contribution in [0.25, 0.3) is 0 Å². The van der Waals surface area contributed by atoms with E-state index >= 15 is 0 Å². The van der Waals surface area contributed by atoms with Crippen molar-refractivity contribution in [3.63, 3.8) is 0 Å². The average Bonchev–Trinajstić information content (AvgIpc) is 3.13. The second-order valence-electron chi connectivity index (χ2n) is 5.76. The van der Waals surface area contributed by atoms with Gasteiger partial charge in [0.2, 0.25) is 0 Å². The minimum Gasteiger partial charge on any atom is -0.497 e. The van der Waals surface area contributed by atoms with E-state index in [1.807, 2.05) is 30.3 Å². The first kappa shape index (κ1) is 18.1. The second kappa shape index (κ2) is 7.70. The normalized spacial score (nSPS) is 19.2. The smallest absolute Gasteiger partial charge is 0.327 e. The number of amides is 1. The van der Waals surface area contributed by atoms with Gasteiger partial charge in [0.25, 0.3) is 5.91 Å². The van der Waals surface area contributed by atoms with Crippen LogP contribution in [0.5, 0.6) is 11.5 Å². The molecule has 136 valence electrons. The summed E-state index contributed by atoms with van der Waals surface area (Å²) in [6, 6.07) is 13.4. The monoisotopic (exact) mass is 373 g/mol. The summed E-state index contributed by atoms with van der Waals surface area (Å²) in [5.41, 5.74) is 1.22. The third kappa shape index (κ3) is 3.48. The highest BCUT2D eigenvalue weighted by Crippen LogP contribution is 2.42. The highest BCUT2D eigenvalue weighted by Gasteiger charge is 2.42. The van der Waals surface area contributed by atoms with E-state index in [0.717, 1.165) is 5.56 Å². The predicted octanol–water partition coefficient (Wildman–Crippen LogP) is 3.04.